The quantitative estimate of drug-likeness (QED) is 0.802. The van der Waals surface area contributed by atoms with E-state index in [2.05, 4.69) is 11.1 Å². The molecule has 1 aromatic heterocycles. The van der Waals surface area contributed by atoms with E-state index in [1.165, 1.54) is 11.8 Å². The number of nitriles is 1. The fourth-order valence-corrected chi connectivity index (χ4v) is 2.03. The molecule has 0 aliphatic carbocycles. The number of carbonyl (C=O) groups is 1. The van der Waals surface area contributed by atoms with Gasteiger partial charge in [-0.2, -0.15) is 9.99 Å². The number of ether oxygens (including phenoxy) is 1. The van der Waals surface area contributed by atoms with Crippen LogP contribution in [0.25, 0.3) is 11.4 Å². The first kappa shape index (κ1) is 14.6. The summed E-state index contributed by atoms with van der Waals surface area (Å²) in [7, 11) is 1.45. The number of nitrogens with zero attached hydrogens (tertiary/aromatic N) is 3. The average Bonchev–Trinajstić information content (AvgIpc) is 2.84. The van der Waals surface area contributed by atoms with Gasteiger partial charge in [0.05, 0.1) is 23.9 Å². The Labute approximate surface area is 122 Å². The van der Waals surface area contributed by atoms with Crippen LogP contribution < -0.4 is 4.84 Å². The monoisotopic (exact) mass is 285 g/mol. The van der Waals surface area contributed by atoms with Gasteiger partial charge in [-0.3, -0.25) is 0 Å². The minimum absolute atomic E-state index is 0.247. The lowest BCUT2D eigenvalue weighted by atomic mass is 10.1. The Morgan fingerprint density at radius 3 is 2.86 bits per heavy atom. The van der Waals surface area contributed by atoms with Crippen molar-refractivity contribution < 1.29 is 14.4 Å². The Kier molecular flexibility index (Phi) is 4.24. The van der Waals surface area contributed by atoms with Gasteiger partial charge >= 0.3 is 5.97 Å². The fraction of sp³-hybridized carbons (Fsp3) is 0.267. The predicted molar refractivity (Wildman–Crippen MR) is 75.6 cm³/mol. The van der Waals surface area contributed by atoms with Crippen LogP contribution in [0, 0.1) is 18.3 Å². The second-order valence-corrected chi connectivity index (χ2v) is 4.26. The summed E-state index contributed by atoms with van der Waals surface area (Å²) in [6.45, 7) is 3.71. The molecule has 2 aromatic rings. The summed E-state index contributed by atoms with van der Waals surface area (Å²) >= 11 is 0. The molecule has 0 saturated heterocycles. The summed E-state index contributed by atoms with van der Waals surface area (Å²) in [5.74, 6) is -0.0396. The van der Waals surface area contributed by atoms with Crippen molar-refractivity contribution in [2.24, 2.45) is 0 Å². The topological polar surface area (TPSA) is 77.1 Å². The zero-order valence-corrected chi connectivity index (χ0v) is 12.1. The molecular weight excluding hydrogens is 270 g/mol. The van der Waals surface area contributed by atoms with E-state index >= 15 is 0 Å². The molecule has 0 bridgehead atoms. The standard InChI is InChI=1S/C15H15N3O3/c1-4-21-15(19)13-10(2)17-14(18(13)20-3)12-7-5-6-11(8-12)9-16/h5-8H,4H2,1-3H3. The van der Waals surface area contributed by atoms with E-state index in [1.54, 1.807) is 38.1 Å². The second-order valence-electron chi connectivity index (χ2n) is 4.26. The number of hydrogen-bond acceptors (Lipinski definition) is 5. The summed E-state index contributed by atoms with van der Waals surface area (Å²) in [4.78, 5) is 21.6. The summed E-state index contributed by atoms with van der Waals surface area (Å²) in [5.41, 5.74) is 1.95. The molecule has 0 aliphatic rings. The lowest BCUT2D eigenvalue weighted by Crippen LogP contribution is -2.18. The number of esters is 1. The molecule has 0 spiro atoms. The van der Waals surface area contributed by atoms with Crippen LogP contribution in [0.3, 0.4) is 0 Å². The van der Waals surface area contributed by atoms with E-state index in [1.807, 2.05) is 0 Å². The van der Waals surface area contributed by atoms with Crippen molar-refractivity contribution in [2.45, 2.75) is 13.8 Å². The molecule has 2 rings (SSSR count). The molecule has 0 aliphatic heterocycles. The van der Waals surface area contributed by atoms with Crippen molar-refractivity contribution in [3.63, 3.8) is 0 Å². The van der Waals surface area contributed by atoms with Crippen LogP contribution in [-0.2, 0) is 4.74 Å². The van der Waals surface area contributed by atoms with Crippen LogP contribution in [-0.4, -0.2) is 29.4 Å². The zero-order chi connectivity index (χ0) is 15.4. The number of benzene rings is 1. The smallest absolute Gasteiger partial charge is 0.360 e. The zero-order valence-electron chi connectivity index (χ0n) is 12.1. The third kappa shape index (κ3) is 2.72. The molecule has 6 nitrogen and oxygen atoms in total. The SMILES string of the molecule is CCOC(=O)c1c(C)nc(-c2cccc(C#N)c2)n1OC. The number of aromatic nitrogens is 2. The molecule has 0 saturated carbocycles. The first-order valence-electron chi connectivity index (χ1n) is 6.43. The van der Waals surface area contributed by atoms with Gasteiger partial charge in [0.15, 0.2) is 11.5 Å². The van der Waals surface area contributed by atoms with Gasteiger partial charge in [0.1, 0.15) is 7.11 Å². The lowest BCUT2D eigenvalue weighted by Gasteiger charge is -2.09. The highest BCUT2D eigenvalue weighted by molar-refractivity contribution is 5.89. The highest BCUT2D eigenvalue weighted by atomic mass is 16.7. The summed E-state index contributed by atoms with van der Waals surface area (Å²) in [6, 6.07) is 9.00. The highest BCUT2D eigenvalue weighted by Crippen LogP contribution is 2.22. The third-order valence-electron chi connectivity index (χ3n) is 2.91. The lowest BCUT2D eigenvalue weighted by molar-refractivity contribution is 0.0473. The van der Waals surface area contributed by atoms with E-state index < -0.39 is 5.97 Å². The van der Waals surface area contributed by atoms with Crippen molar-refractivity contribution in [1.82, 2.24) is 9.71 Å². The molecule has 0 atom stereocenters. The van der Waals surface area contributed by atoms with E-state index in [-0.39, 0.29) is 12.3 Å². The van der Waals surface area contributed by atoms with Crippen LogP contribution in [0.2, 0.25) is 0 Å². The maximum absolute atomic E-state index is 12.0. The van der Waals surface area contributed by atoms with Gasteiger partial charge in [-0.05, 0) is 26.0 Å². The molecule has 0 radical (unpaired) electrons. The van der Waals surface area contributed by atoms with Gasteiger partial charge in [-0.1, -0.05) is 12.1 Å². The Balaban J connectivity index is 2.57. The average molecular weight is 285 g/mol. The minimum Gasteiger partial charge on any atom is -0.461 e. The molecule has 6 heteroatoms. The summed E-state index contributed by atoms with van der Waals surface area (Å²) in [5, 5.41) is 8.97. The van der Waals surface area contributed by atoms with Crippen LogP contribution in [0.15, 0.2) is 24.3 Å². The molecule has 0 fully saturated rings. The van der Waals surface area contributed by atoms with Crippen LogP contribution in [0.5, 0.6) is 0 Å². The molecule has 21 heavy (non-hydrogen) atoms. The summed E-state index contributed by atoms with van der Waals surface area (Å²) in [6.07, 6.45) is 0. The normalized spacial score (nSPS) is 10.0. The fourth-order valence-electron chi connectivity index (χ4n) is 2.03. The van der Waals surface area contributed by atoms with Crippen LogP contribution >= 0.6 is 0 Å². The van der Waals surface area contributed by atoms with Gasteiger partial charge in [0.25, 0.3) is 0 Å². The maximum atomic E-state index is 12.0. The Morgan fingerprint density at radius 2 is 2.24 bits per heavy atom. The van der Waals surface area contributed by atoms with E-state index in [9.17, 15) is 4.79 Å². The van der Waals surface area contributed by atoms with E-state index in [0.717, 1.165) is 0 Å². The number of aryl methyl sites for hydroxylation is 1. The van der Waals surface area contributed by atoms with Gasteiger partial charge in [-0.25, -0.2) is 9.78 Å². The molecule has 1 heterocycles. The molecule has 1 aromatic carbocycles. The van der Waals surface area contributed by atoms with Crippen molar-refractivity contribution >= 4 is 5.97 Å². The van der Waals surface area contributed by atoms with Crippen molar-refractivity contribution in [2.75, 3.05) is 13.7 Å². The van der Waals surface area contributed by atoms with E-state index in [0.29, 0.717) is 22.6 Å². The first-order valence-corrected chi connectivity index (χ1v) is 6.43. The minimum atomic E-state index is -0.493. The van der Waals surface area contributed by atoms with Gasteiger partial charge in [-0.15, -0.1) is 0 Å². The van der Waals surface area contributed by atoms with Crippen molar-refractivity contribution in [3.8, 4) is 17.5 Å². The van der Waals surface area contributed by atoms with Crippen molar-refractivity contribution in [3.05, 3.63) is 41.2 Å². The van der Waals surface area contributed by atoms with Crippen molar-refractivity contribution in [1.29, 1.82) is 5.26 Å². The van der Waals surface area contributed by atoms with Crippen LogP contribution in [0.4, 0.5) is 0 Å². The van der Waals surface area contributed by atoms with Gasteiger partial charge in [0.2, 0.25) is 0 Å². The number of rotatable bonds is 4. The van der Waals surface area contributed by atoms with Gasteiger partial charge < -0.3 is 9.57 Å². The highest BCUT2D eigenvalue weighted by Gasteiger charge is 2.23. The van der Waals surface area contributed by atoms with Gasteiger partial charge in [0, 0.05) is 5.56 Å². The summed E-state index contributed by atoms with van der Waals surface area (Å²) < 4.78 is 6.34. The molecule has 108 valence electrons. The molecule has 0 N–H and O–H groups in total. The maximum Gasteiger partial charge on any atom is 0.360 e. The van der Waals surface area contributed by atoms with Crippen LogP contribution in [0.1, 0.15) is 28.7 Å². The predicted octanol–water partition coefficient (Wildman–Crippen LogP) is 1.97. The van der Waals surface area contributed by atoms with E-state index in [4.69, 9.17) is 14.8 Å². The Hall–Kier alpha value is -2.81. The first-order chi connectivity index (χ1) is 10.1. The Bertz CT molecular complexity index is 713. The molecule has 0 amide bonds. The molecular formula is C15H15N3O3. The second kappa shape index (κ2) is 6.09. The molecule has 0 unspecified atom stereocenters. The number of carbonyl (C=O) groups excluding carboxylic acids is 1. The third-order valence-corrected chi connectivity index (χ3v) is 2.91. The number of imidazole rings is 1. The number of hydrogen-bond donors (Lipinski definition) is 0. The Morgan fingerprint density at radius 1 is 1.48 bits per heavy atom. The largest absolute Gasteiger partial charge is 0.461 e.